The van der Waals surface area contributed by atoms with E-state index >= 15 is 0 Å². The van der Waals surface area contributed by atoms with Crippen molar-refractivity contribution in [2.24, 2.45) is 5.92 Å². The number of hydrogen-bond donors (Lipinski definition) is 1. The van der Waals surface area contributed by atoms with E-state index in [0.717, 1.165) is 12.0 Å². The Bertz CT molecular complexity index is 379. The summed E-state index contributed by atoms with van der Waals surface area (Å²) in [6.07, 6.45) is 1.23. The van der Waals surface area contributed by atoms with Crippen LogP contribution >= 0.6 is 0 Å². The smallest absolute Gasteiger partial charge is 0.314 e. The molecule has 0 radical (unpaired) electrons. The molecule has 0 aromatic heterocycles. The van der Waals surface area contributed by atoms with Crippen molar-refractivity contribution in [2.45, 2.75) is 26.7 Å². The summed E-state index contributed by atoms with van der Waals surface area (Å²) in [5.74, 6) is -2.28. The molecule has 16 heavy (non-hydrogen) atoms. The molecule has 0 heterocycles. The number of hydrogen-bond acceptors (Lipinski definition) is 2. The molecule has 0 bridgehead atoms. The molecule has 1 N–H and O–H groups in total. The summed E-state index contributed by atoms with van der Waals surface area (Å²) in [6, 6.07) is 7.13. The van der Waals surface area contributed by atoms with Crippen molar-refractivity contribution in [3.63, 3.8) is 0 Å². The van der Waals surface area contributed by atoms with Gasteiger partial charge in [0.05, 0.1) is 0 Å². The Hall–Kier alpha value is -1.64. The number of rotatable bonds is 5. The van der Waals surface area contributed by atoms with Gasteiger partial charge in [0.25, 0.3) is 0 Å². The summed E-state index contributed by atoms with van der Waals surface area (Å²) in [4.78, 5) is 22.7. The summed E-state index contributed by atoms with van der Waals surface area (Å²) in [5, 5.41) is 8.88. The number of benzene rings is 1. The van der Waals surface area contributed by atoms with Gasteiger partial charge in [0.2, 0.25) is 0 Å². The standard InChI is InChI=1S/C13H16O3/c1-3-9-5-7-10(8-6-9)12(14)11(4-2)13(15)16/h5-8,11H,3-4H2,1-2H3,(H,15,16). The fraction of sp³-hybridized carbons (Fsp3) is 0.385. The first-order valence-corrected chi connectivity index (χ1v) is 5.46. The molecular weight excluding hydrogens is 204 g/mol. The molecule has 3 nitrogen and oxygen atoms in total. The minimum Gasteiger partial charge on any atom is -0.481 e. The molecule has 0 saturated carbocycles. The van der Waals surface area contributed by atoms with Crippen LogP contribution in [0.15, 0.2) is 24.3 Å². The van der Waals surface area contributed by atoms with Gasteiger partial charge in [-0.3, -0.25) is 9.59 Å². The van der Waals surface area contributed by atoms with Crippen molar-refractivity contribution in [2.75, 3.05) is 0 Å². The van der Waals surface area contributed by atoms with Gasteiger partial charge >= 0.3 is 5.97 Å². The zero-order chi connectivity index (χ0) is 12.1. The third-order valence-corrected chi connectivity index (χ3v) is 2.67. The van der Waals surface area contributed by atoms with Crippen molar-refractivity contribution in [1.29, 1.82) is 0 Å². The van der Waals surface area contributed by atoms with E-state index in [9.17, 15) is 9.59 Å². The fourth-order valence-corrected chi connectivity index (χ4v) is 1.58. The number of Topliss-reactive ketones (excluding diaryl/α,β-unsaturated/α-hetero) is 1. The van der Waals surface area contributed by atoms with E-state index in [1.165, 1.54) is 0 Å². The Balaban J connectivity index is 2.91. The Morgan fingerprint density at radius 1 is 1.19 bits per heavy atom. The van der Waals surface area contributed by atoms with Crippen molar-refractivity contribution < 1.29 is 14.7 Å². The number of carbonyl (C=O) groups excluding carboxylic acids is 1. The Morgan fingerprint density at radius 3 is 2.12 bits per heavy atom. The first-order valence-electron chi connectivity index (χ1n) is 5.46. The van der Waals surface area contributed by atoms with Crippen LogP contribution in [0.4, 0.5) is 0 Å². The highest BCUT2D eigenvalue weighted by Crippen LogP contribution is 2.14. The highest BCUT2D eigenvalue weighted by atomic mass is 16.4. The lowest BCUT2D eigenvalue weighted by atomic mass is 9.94. The Labute approximate surface area is 95.1 Å². The largest absolute Gasteiger partial charge is 0.481 e. The molecule has 0 spiro atoms. The van der Waals surface area contributed by atoms with Crippen LogP contribution in [0.2, 0.25) is 0 Å². The molecule has 0 fully saturated rings. The van der Waals surface area contributed by atoms with Crippen LogP contribution in [0.1, 0.15) is 36.2 Å². The third-order valence-electron chi connectivity index (χ3n) is 2.67. The van der Waals surface area contributed by atoms with Gasteiger partial charge in [-0.1, -0.05) is 38.1 Å². The number of carboxylic acids is 1. The van der Waals surface area contributed by atoms with Gasteiger partial charge in [-0.2, -0.15) is 0 Å². The quantitative estimate of drug-likeness (QED) is 0.612. The summed E-state index contributed by atoms with van der Waals surface area (Å²) >= 11 is 0. The Morgan fingerprint density at radius 2 is 1.75 bits per heavy atom. The minimum absolute atomic E-state index is 0.308. The third kappa shape index (κ3) is 2.69. The first-order chi connectivity index (χ1) is 7.60. The molecule has 3 heteroatoms. The molecule has 0 aliphatic rings. The monoisotopic (exact) mass is 220 g/mol. The molecule has 0 aliphatic carbocycles. The van der Waals surface area contributed by atoms with Gasteiger partial charge in [-0.25, -0.2) is 0 Å². The summed E-state index contributed by atoms with van der Waals surface area (Å²) < 4.78 is 0. The van der Waals surface area contributed by atoms with Gasteiger partial charge < -0.3 is 5.11 Å². The highest BCUT2D eigenvalue weighted by molar-refractivity contribution is 6.08. The van der Waals surface area contributed by atoms with Crippen molar-refractivity contribution in [3.05, 3.63) is 35.4 Å². The summed E-state index contributed by atoms with van der Waals surface area (Å²) in [7, 11) is 0. The van der Waals surface area contributed by atoms with Crippen LogP contribution in [-0.4, -0.2) is 16.9 Å². The zero-order valence-electron chi connectivity index (χ0n) is 9.56. The van der Waals surface area contributed by atoms with Gasteiger partial charge in [0.15, 0.2) is 5.78 Å². The van der Waals surface area contributed by atoms with E-state index < -0.39 is 11.9 Å². The van der Waals surface area contributed by atoms with Crippen molar-refractivity contribution in [3.8, 4) is 0 Å². The first kappa shape index (κ1) is 12.4. The van der Waals surface area contributed by atoms with E-state index in [-0.39, 0.29) is 5.78 Å². The predicted octanol–water partition coefficient (Wildman–Crippen LogP) is 2.54. The lowest BCUT2D eigenvalue weighted by Crippen LogP contribution is -2.23. The molecule has 0 saturated heterocycles. The van der Waals surface area contributed by atoms with E-state index in [4.69, 9.17) is 5.11 Å². The number of carboxylic acid groups (broad SMARTS) is 1. The maximum atomic E-state index is 11.8. The number of carbonyl (C=O) groups is 2. The minimum atomic E-state index is -1.05. The van der Waals surface area contributed by atoms with E-state index in [1.807, 2.05) is 19.1 Å². The molecule has 0 aliphatic heterocycles. The van der Waals surface area contributed by atoms with E-state index in [2.05, 4.69) is 0 Å². The van der Waals surface area contributed by atoms with Gasteiger partial charge in [0, 0.05) is 5.56 Å². The average molecular weight is 220 g/mol. The van der Waals surface area contributed by atoms with E-state index in [1.54, 1.807) is 19.1 Å². The summed E-state index contributed by atoms with van der Waals surface area (Å²) in [6.45, 7) is 3.74. The molecule has 1 atom stereocenters. The average Bonchev–Trinajstić information content (AvgIpc) is 2.29. The zero-order valence-corrected chi connectivity index (χ0v) is 9.56. The van der Waals surface area contributed by atoms with Crippen molar-refractivity contribution >= 4 is 11.8 Å². The molecule has 1 unspecified atom stereocenters. The maximum absolute atomic E-state index is 11.8. The predicted molar refractivity (Wildman–Crippen MR) is 61.6 cm³/mol. The van der Waals surface area contributed by atoms with Crippen LogP contribution in [0.5, 0.6) is 0 Å². The molecule has 1 rings (SSSR count). The topological polar surface area (TPSA) is 54.4 Å². The number of aryl methyl sites for hydroxylation is 1. The number of ketones is 1. The van der Waals surface area contributed by atoms with Crippen LogP contribution in [0.25, 0.3) is 0 Å². The van der Waals surface area contributed by atoms with Crippen LogP contribution in [0, 0.1) is 5.92 Å². The second kappa shape index (κ2) is 5.45. The lowest BCUT2D eigenvalue weighted by molar-refractivity contribution is -0.140. The number of aliphatic carboxylic acids is 1. The molecule has 86 valence electrons. The van der Waals surface area contributed by atoms with Crippen LogP contribution in [-0.2, 0) is 11.2 Å². The van der Waals surface area contributed by atoms with Gasteiger partial charge in [-0.15, -0.1) is 0 Å². The van der Waals surface area contributed by atoms with Crippen molar-refractivity contribution in [1.82, 2.24) is 0 Å². The maximum Gasteiger partial charge on any atom is 0.314 e. The SMILES string of the molecule is CCc1ccc(C(=O)C(CC)C(=O)O)cc1. The van der Waals surface area contributed by atoms with Gasteiger partial charge in [-0.05, 0) is 18.4 Å². The molecule has 1 aromatic carbocycles. The normalized spacial score (nSPS) is 12.1. The lowest BCUT2D eigenvalue weighted by Gasteiger charge is -2.08. The van der Waals surface area contributed by atoms with Gasteiger partial charge in [0.1, 0.15) is 5.92 Å². The highest BCUT2D eigenvalue weighted by Gasteiger charge is 2.24. The summed E-state index contributed by atoms with van der Waals surface area (Å²) in [5.41, 5.74) is 1.62. The fourth-order valence-electron chi connectivity index (χ4n) is 1.58. The molecule has 0 amide bonds. The second-order valence-corrected chi connectivity index (χ2v) is 3.71. The van der Waals surface area contributed by atoms with Crippen LogP contribution < -0.4 is 0 Å². The second-order valence-electron chi connectivity index (χ2n) is 3.71. The Kier molecular flexibility index (Phi) is 4.23. The van der Waals surface area contributed by atoms with Crippen LogP contribution in [0.3, 0.4) is 0 Å². The molecule has 1 aromatic rings. The van der Waals surface area contributed by atoms with E-state index in [0.29, 0.717) is 12.0 Å². The molecular formula is C13H16O3.